The van der Waals surface area contributed by atoms with Crippen LogP contribution in [-0.4, -0.2) is 75.6 Å². The van der Waals surface area contributed by atoms with Crippen molar-refractivity contribution in [3.05, 3.63) is 48.4 Å². The van der Waals surface area contributed by atoms with Crippen molar-refractivity contribution >= 4 is 22.5 Å². The lowest BCUT2D eigenvalue weighted by Gasteiger charge is -2.32. The van der Waals surface area contributed by atoms with Crippen LogP contribution in [0.4, 0.5) is 0 Å². The van der Waals surface area contributed by atoms with E-state index in [1.54, 1.807) is 17.8 Å². The first-order valence-corrected chi connectivity index (χ1v) is 9.62. The number of hydrogen-bond donors (Lipinski definition) is 1. The summed E-state index contributed by atoms with van der Waals surface area (Å²) in [6.45, 7) is 3.26. The van der Waals surface area contributed by atoms with Crippen LogP contribution in [0.2, 0.25) is 0 Å². The van der Waals surface area contributed by atoms with Gasteiger partial charge in [0.15, 0.2) is 0 Å². The van der Waals surface area contributed by atoms with E-state index in [0.717, 1.165) is 53.9 Å². The van der Waals surface area contributed by atoms with Gasteiger partial charge in [0.05, 0.1) is 24.4 Å². The molecule has 0 aliphatic carbocycles. The number of methoxy groups -OCH3 is 1. The summed E-state index contributed by atoms with van der Waals surface area (Å²) >= 11 is 0. The number of ether oxygens (including phenoxy) is 1. The third-order valence-electron chi connectivity index (χ3n) is 5.58. The van der Waals surface area contributed by atoms with Gasteiger partial charge in [0.1, 0.15) is 5.65 Å². The molecule has 8 heteroatoms. The highest BCUT2D eigenvalue weighted by molar-refractivity contribution is 6.02. The maximum atomic E-state index is 13.1. The van der Waals surface area contributed by atoms with Crippen molar-refractivity contribution in [3.8, 4) is 17.0 Å². The fourth-order valence-electron chi connectivity index (χ4n) is 3.83. The number of aromatic nitrogens is 4. The Labute approximate surface area is 167 Å². The van der Waals surface area contributed by atoms with Crippen molar-refractivity contribution in [3.63, 3.8) is 0 Å². The number of nitrogens with zero attached hydrogens (tertiary/aromatic N) is 5. The molecule has 29 heavy (non-hydrogen) atoms. The second-order valence-electron chi connectivity index (χ2n) is 7.35. The van der Waals surface area contributed by atoms with Crippen LogP contribution in [0.25, 0.3) is 27.7 Å². The molecule has 8 nitrogen and oxygen atoms in total. The second-order valence-corrected chi connectivity index (χ2v) is 7.35. The summed E-state index contributed by atoms with van der Waals surface area (Å²) in [5, 5.41) is 5.38. The molecule has 0 saturated carbocycles. The minimum Gasteiger partial charge on any atom is -0.481 e. The number of nitrogens with one attached hydrogen (secondary N) is 1. The van der Waals surface area contributed by atoms with Gasteiger partial charge in [0.2, 0.25) is 5.88 Å². The molecule has 0 unspecified atom stereocenters. The van der Waals surface area contributed by atoms with Crippen molar-refractivity contribution in [2.45, 2.75) is 0 Å². The van der Waals surface area contributed by atoms with E-state index in [1.807, 2.05) is 41.6 Å². The number of aromatic amines is 1. The maximum absolute atomic E-state index is 13.1. The van der Waals surface area contributed by atoms with E-state index in [9.17, 15) is 4.79 Å². The summed E-state index contributed by atoms with van der Waals surface area (Å²) in [6.07, 6.45) is 5.49. The van der Waals surface area contributed by atoms with E-state index in [-0.39, 0.29) is 5.91 Å². The highest BCUT2D eigenvalue weighted by atomic mass is 16.5. The molecular formula is C21H22N6O2. The van der Waals surface area contributed by atoms with Crippen LogP contribution >= 0.6 is 0 Å². The highest BCUT2D eigenvalue weighted by Gasteiger charge is 2.23. The number of fused-ring (bicyclic) bond motifs is 2. The van der Waals surface area contributed by atoms with Gasteiger partial charge in [-0.3, -0.25) is 4.79 Å². The first kappa shape index (κ1) is 17.7. The molecule has 0 bridgehead atoms. The zero-order valence-corrected chi connectivity index (χ0v) is 16.4. The Morgan fingerprint density at radius 1 is 1.17 bits per heavy atom. The van der Waals surface area contributed by atoms with Gasteiger partial charge in [-0.15, -0.1) is 0 Å². The first-order valence-electron chi connectivity index (χ1n) is 9.62. The maximum Gasteiger partial charge on any atom is 0.257 e. The van der Waals surface area contributed by atoms with E-state index in [4.69, 9.17) is 4.74 Å². The number of rotatable bonds is 3. The van der Waals surface area contributed by atoms with Crippen molar-refractivity contribution in [2.75, 3.05) is 40.3 Å². The average Bonchev–Trinajstić information content (AvgIpc) is 3.37. The molecule has 5 rings (SSSR count). The monoisotopic (exact) mass is 390 g/mol. The molecule has 5 heterocycles. The predicted octanol–water partition coefficient (Wildman–Crippen LogP) is 2.27. The Kier molecular flexibility index (Phi) is 4.21. The number of hydrogen-bond acceptors (Lipinski definition) is 5. The molecule has 1 fully saturated rings. The second kappa shape index (κ2) is 6.89. The normalized spacial score (nSPS) is 15.3. The van der Waals surface area contributed by atoms with Crippen molar-refractivity contribution in [2.24, 2.45) is 0 Å². The third-order valence-corrected chi connectivity index (χ3v) is 5.58. The Morgan fingerprint density at radius 3 is 2.79 bits per heavy atom. The molecule has 148 valence electrons. The lowest BCUT2D eigenvalue weighted by Crippen LogP contribution is -2.47. The number of H-pyrrole nitrogens is 1. The molecule has 4 aromatic heterocycles. The minimum absolute atomic E-state index is 0.0376. The minimum atomic E-state index is 0.0376. The summed E-state index contributed by atoms with van der Waals surface area (Å²) in [7, 11) is 3.68. The number of pyridine rings is 2. The first-order chi connectivity index (χ1) is 14.1. The number of piperazine rings is 1. The van der Waals surface area contributed by atoms with Gasteiger partial charge in [-0.05, 0) is 30.8 Å². The summed E-state index contributed by atoms with van der Waals surface area (Å²) in [5.41, 5.74) is 4.24. The van der Waals surface area contributed by atoms with E-state index < -0.39 is 0 Å². The molecule has 0 spiro atoms. The largest absolute Gasteiger partial charge is 0.481 e. The fraction of sp³-hybridized carbons (Fsp3) is 0.286. The zero-order valence-electron chi connectivity index (χ0n) is 16.4. The topological polar surface area (TPSA) is 78.8 Å². The molecule has 0 atom stereocenters. The zero-order chi connectivity index (χ0) is 20.0. The quantitative estimate of drug-likeness (QED) is 0.581. The summed E-state index contributed by atoms with van der Waals surface area (Å²) < 4.78 is 6.96. The molecule has 4 aromatic rings. The summed E-state index contributed by atoms with van der Waals surface area (Å²) in [6, 6.07) is 7.85. The third kappa shape index (κ3) is 3.01. The van der Waals surface area contributed by atoms with E-state index in [1.165, 1.54) is 0 Å². The molecule has 1 aliphatic rings. The molecule has 0 aromatic carbocycles. The lowest BCUT2D eigenvalue weighted by atomic mass is 10.1. The standard InChI is InChI=1S/C21H22N6O2/c1-25-7-9-26(10-8-25)21(28)17-13-23-27-6-5-14(11-18(17)27)16-12-22-20-15(16)3-4-19(24-20)29-2/h3-6,11-13H,7-10H2,1-2H3,(H,22,24). The fourth-order valence-corrected chi connectivity index (χ4v) is 3.83. The van der Waals surface area contributed by atoms with Gasteiger partial charge in [0, 0.05) is 55.6 Å². The van der Waals surface area contributed by atoms with E-state index in [0.29, 0.717) is 11.4 Å². The molecule has 1 saturated heterocycles. The van der Waals surface area contributed by atoms with Crippen LogP contribution in [0.15, 0.2) is 42.9 Å². The molecular weight excluding hydrogens is 368 g/mol. The molecule has 1 amide bonds. The SMILES string of the molecule is COc1ccc2c(-c3ccn4ncc(C(=O)N5CCN(C)CC5)c4c3)c[nH]c2n1. The van der Waals surface area contributed by atoms with Crippen LogP contribution in [-0.2, 0) is 0 Å². The highest BCUT2D eigenvalue weighted by Crippen LogP contribution is 2.30. The van der Waals surface area contributed by atoms with Gasteiger partial charge in [-0.1, -0.05) is 0 Å². The summed E-state index contributed by atoms with van der Waals surface area (Å²) in [5.74, 6) is 0.604. The molecule has 1 aliphatic heterocycles. The van der Waals surface area contributed by atoms with Gasteiger partial charge >= 0.3 is 0 Å². The van der Waals surface area contributed by atoms with Gasteiger partial charge in [-0.25, -0.2) is 4.52 Å². The number of carbonyl (C=O) groups is 1. The van der Waals surface area contributed by atoms with Crippen LogP contribution in [0, 0.1) is 0 Å². The predicted molar refractivity (Wildman–Crippen MR) is 110 cm³/mol. The van der Waals surface area contributed by atoms with Gasteiger partial charge in [-0.2, -0.15) is 10.1 Å². The number of carbonyl (C=O) groups excluding carboxylic acids is 1. The Balaban J connectivity index is 1.54. The number of likely N-dealkylation sites (N-methyl/N-ethyl adjacent to an activating group) is 1. The van der Waals surface area contributed by atoms with Gasteiger partial charge < -0.3 is 19.5 Å². The Hall–Kier alpha value is -3.39. The van der Waals surface area contributed by atoms with Crippen LogP contribution < -0.4 is 4.74 Å². The van der Waals surface area contributed by atoms with Crippen molar-refractivity contribution < 1.29 is 9.53 Å². The van der Waals surface area contributed by atoms with Crippen LogP contribution in [0.3, 0.4) is 0 Å². The van der Waals surface area contributed by atoms with Crippen molar-refractivity contribution in [1.82, 2.24) is 29.4 Å². The van der Waals surface area contributed by atoms with E-state index in [2.05, 4.69) is 27.0 Å². The molecule has 0 radical (unpaired) electrons. The van der Waals surface area contributed by atoms with Crippen molar-refractivity contribution in [1.29, 1.82) is 0 Å². The summed E-state index contributed by atoms with van der Waals surface area (Å²) in [4.78, 5) is 24.9. The van der Waals surface area contributed by atoms with Crippen LogP contribution in [0.1, 0.15) is 10.4 Å². The molecule has 1 N–H and O–H groups in total. The smallest absolute Gasteiger partial charge is 0.257 e. The van der Waals surface area contributed by atoms with Gasteiger partial charge in [0.25, 0.3) is 5.91 Å². The lowest BCUT2D eigenvalue weighted by molar-refractivity contribution is 0.0666. The Morgan fingerprint density at radius 2 is 2.00 bits per heavy atom. The Bertz CT molecular complexity index is 1200. The van der Waals surface area contributed by atoms with Crippen LogP contribution in [0.5, 0.6) is 5.88 Å². The average molecular weight is 390 g/mol. The van der Waals surface area contributed by atoms with E-state index >= 15 is 0 Å². The number of amides is 1.